The minimum absolute atomic E-state index is 0.0762. The zero-order chi connectivity index (χ0) is 11.4. The monoisotopic (exact) mass is 226 g/mol. The molecule has 0 spiro atoms. The van der Waals surface area contributed by atoms with Gasteiger partial charge < -0.3 is 11.1 Å². The van der Waals surface area contributed by atoms with Crippen molar-refractivity contribution >= 4 is 23.4 Å². The number of nitrogens with two attached hydrogens (primary N) is 1. The van der Waals surface area contributed by atoms with Crippen LogP contribution in [0.1, 0.15) is 15.9 Å². The number of primary amides is 1. The van der Waals surface area contributed by atoms with Crippen molar-refractivity contribution in [3.63, 3.8) is 0 Å². The van der Waals surface area contributed by atoms with Gasteiger partial charge in [-0.15, -0.1) is 0 Å². The lowest BCUT2D eigenvalue weighted by Gasteiger charge is -2.04. The number of carbonyl (C=O) groups is 2. The fourth-order valence-corrected chi connectivity index (χ4v) is 1.41. The Balaban J connectivity index is 2.97. The van der Waals surface area contributed by atoms with E-state index in [4.69, 9.17) is 17.3 Å². The van der Waals surface area contributed by atoms with Crippen LogP contribution in [0.3, 0.4) is 0 Å². The van der Waals surface area contributed by atoms with Crippen LogP contribution in [0.15, 0.2) is 18.2 Å². The highest BCUT2D eigenvalue weighted by molar-refractivity contribution is 6.32. The summed E-state index contributed by atoms with van der Waals surface area (Å²) in [7, 11) is 1.54. The van der Waals surface area contributed by atoms with E-state index in [1.165, 1.54) is 13.1 Å². The molecule has 0 saturated carbocycles. The molecule has 0 heterocycles. The molecule has 0 unspecified atom stereocenters. The summed E-state index contributed by atoms with van der Waals surface area (Å²) in [6, 6.07) is 4.74. The summed E-state index contributed by atoms with van der Waals surface area (Å²) in [5.74, 6) is -0.674. The number of benzene rings is 1. The van der Waals surface area contributed by atoms with Gasteiger partial charge in [0.05, 0.1) is 6.42 Å². The minimum Gasteiger partial charge on any atom is -0.369 e. The summed E-state index contributed by atoms with van der Waals surface area (Å²) in [6.45, 7) is 0. The molecule has 5 heteroatoms. The molecule has 0 fully saturated rings. The van der Waals surface area contributed by atoms with Crippen LogP contribution in [-0.2, 0) is 11.2 Å². The van der Waals surface area contributed by atoms with Crippen LogP contribution in [0.2, 0.25) is 5.02 Å². The average Bonchev–Trinajstić information content (AvgIpc) is 2.19. The number of hydrogen-bond donors (Lipinski definition) is 2. The van der Waals surface area contributed by atoms with Gasteiger partial charge in [-0.1, -0.05) is 17.7 Å². The van der Waals surface area contributed by atoms with Gasteiger partial charge in [0.25, 0.3) is 5.91 Å². The highest BCUT2D eigenvalue weighted by Crippen LogP contribution is 2.18. The molecule has 0 aliphatic heterocycles. The molecule has 0 radical (unpaired) electrons. The Morgan fingerprint density at radius 3 is 2.60 bits per heavy atom. The Bertz CT molecular complexity index is 404. The predicted molar refractivity (Wildman–Crippen MR) is 57.7 cm³/mol. The van der Waals surface area contributed by atoms with Crippen molar-refractivity contribution in [2.45, 2.75) is 6.42 Å². The first-order chi connectivity index (χ1) is 7.04. The van der Waals surface area contributed by atoms with Crippen molar-refractivity contribution in [1.29, 1.82) is 0 Å². The van der Waals surface area contributed by atoms with E-state index in [1.807, 2.05) is 0 Å². The largest absolute Gasteiger partial charge is 0.369 e. The number of nitrogens with one attached hydrogen (secondary N) is 1. The van der Waals surface area contributed by atoms with E-state index >= 15 is 0 Å². The van der Waals surface area contributed by atoms with Gasteiger partial charge in [-0.05, 0) is 17.7 Å². The summed E-state index contributed by atoms with van der Waals surface area (Å²) in [5.41, 5.74) is 6.12. The zero-order valence-electron chi connectivity index (χ0n) is 8.21. The zero-order valence-corrected chi connectivity index (χ0v) is 8.97. The summed E-state index contributed by atoms with van der Waals surface area (Å²) in [6.07, 6.45) is 0.0762. The highest BCUT2D eigenvalue weighted by atomic mass is 35.5. The van der Waals surface area contributed by atoms with Gasteiger partial charge in [-0.2, -0.15) is 0 Å². The third kappa shape index (κ3) is 2.95. The van der Waals surface area contributed by atoms with Crippen molar-refractivity contribution in [3.8, 4) is 0 Å². The summed E-state index contributed by atoms with van der Waals surface area (Å²) in [4.78, 5) is 21.9. The molecule has 15 heavy (non-hydrogen) atoms. The smallest absolute Gasteiger partial charge is 0.251 e. The quantitative estimate of drug-likeness (QED) is 0.798. The fourth-order valence-electron chi connectivity index (χ4n) is 1.16. The van der Waals surface area contributed by atoms with Crippen LogP contribution in [0.25, 0.3) is 0 Å². The summed E-state index contributed by atoms with van der Waals surface area (Å²) >= 11 is 5.89. The molecule has 80 valence electrons. The molecular weight excluding hydrogens is 216 g/mol. The Labute approximate surface area is 92.4 Å². The van der Waals surface area contributed by atoms with Gasteiger partial charge in [0.2, 0.25) is 5.91 Å². The first kappa shape index (κ1) is 11.5. The average molecular weight is 227 g/mol. The number of amides is 2. The number of rotatable bonds is 3. The Morgan fingerprint density at radius 1 is 1.47 bits per heavy atom. The normalized spacial score (nSPS) is 9.73. The first-order valence-electron chi connectivity index (χ1n) is 4.33. The van der Waals surface area contributed by atoms with Crippen molar-refractivity contribution in [3.05, 3.63) is 34.3 Å². The second-order valence-corrected chi connectivity index (χ2v) is 3.44. The molecule has 4 nitrogen and oxygen atoms in total. The third-order valence-corrected chi connectivity index (χ3v) is 2.26. The van der Waals surface area contributed by atoms with E-state index in [-0.39, 0.29) is 12.3 Å². The van der Waals surface area contributed by atoms with Crippen LogP contribution in [0.5, 0.6) is 0 Å². The van der Waals surface area contributed by atoms with Crippen LogP contribution in [0, 0.1) is 0 Å². The van der Waals surface area contributed by atoms with Crippen LogP contribution in [-0.4, -0.2) is 18.9 Å². The maximum atomic E-state index is 11.2. The van der Waals surface area contributed by atoms with E-state index in [9.17, 15) is 9.59 Å². The van der Waals surface area contributed by atoms with E-state index in [0.717, 1.165) is 0 Å². The van der Waals surface area contributed by atoms with E-state index in [1.54, 1.807) is 12.1 Å². The molecule has 0 aromatic heterocycles. The molecule has 0 atom stereocenters. The highest BCUT2D eigenvalue weighted by Gasteiger charge is 2.08. The topological polar surface area (TPSA) is 72.2 Å². The Hall–Kier alpha value is -1.55. The van der Waals surface area contributed by atoms with Crippen molar-refractivity contribution in [2.24, 2.45) is 5.73 Å². The SMILES string of the molecule is CNC(=O)c1ccc(CC(N)=O)c(Cl)c1. The van der Waals surface area contributed by atoms with Crippen molar-refractivity contribution in [2.75, 3.05) is 7.05 Å². The predicted octanol–water partition coefficient (Wildman–Crippen LogP) is 0.727. The van der Waals surface area contributed by atoms with Crippen molar-refractivity contribution in [1.82, 2.24) is 5.32 Å². The standard InChI is InChI=1S/C10H11ClN2O2/c1-13-10(15)7-3-2-6(5-9(12)14)8(11)4-7/h2-4H,5H2,1H3,(H2,12,14)(H,13,15). The Morgan fingerprint density at radius 2 is 2.13 bits per heavy atom. The maximum absolute atomic E-state index is 11.2. The molecule has 2 amide bonds. The molecule has 0 aliphatic rings. The van der Waals surface area contributed by atoms with Gasteiger partial charge in [-0.3, -0.25) is 9.59 Å². The second-order valence-electron chi connectivity index (χ2n) is 3.03. The van der Waals surface area contributed by atoms with Gasteiger partial charge in [0.15, 0.2) is 0 Å². The molecular formula is C10H11ClN2O2. The van der Waals surface area contributed by atoms with Gasteiger partial charge in [0.1, 0.15) is 0 Å². The Kier molecular flexibility index (Phi) is 3.68. The van der Waals surface area contributed by atoms with Crippen LogP contribution < -0.4 is 11.1 Å². The molecule has 3 N–H and O–H groups in total. The van der Waals surface area contributed by atoms with E-state index in [2.05, 4.69) is 5.32 Å². The molecule has 0 bridgehead atoms. The summed E-state index contributed by atoms with van der Waals surface area (Å²) < 4.78 is 0. The van der Waals surface area contributed by atoms with Crippen molar-refractivity contribution < 1.29 is 9.59 Å². The van der Waals surface area contributed by atoms with Gasteiger partial charge in [-0.25, -0.2) is 0 Å². The third-order valence-electron chi connectivity index (χ3n) is 1.91. The number of halogens is 1. The van der Waals surface area contributed by atoms with E-state index < -0.39 is 5.91 Å². The lowest BCUT2D eigenvalue weighted by atomic mass is 10.1. The minimum atomic E-state index is -0.454. The van der Waals surface area contributed by atoms with Crippen LogP contribution in [0.4, 0.5) is 0 Å². The molecule has 0 saturated heterocycles. The second kappa shape index (κ2) is 4.79. The number of carbonyl (C=O) groups excluding carboxylic acids is 2. The molecule has 0 aliphatic carbocycles. The molecule has 1 aromatic carbocycles. The fraction of sp³-hybridized carbons (Fsp3) is 0.200. The first-order valence-corrected chi connectivity index (χ1v) is 4.71. The maximum Gasteiger partial charge on any atom is 0.251 e. The number of hydrogen-bond acceptors (Lipinski definition) is 2. The lowest BCUT2D eigenvalue weighted by molar-refractivity contribution is -0.117. The van der Waals surface area contributed by atoms with Crippen LogP contribution >= 0.6 is 11.6 Å². The summed E-state index contributed by atoms with van der Waals surface area (Å²) in [5, 5.41) is 2.85. The van der Waals surface area contributed by atoms with E-state index in [0.29, 0.717) is 16.1 Å². The van der Waals surface area contributed by atoms with Gasteiger partial charge in [0, 0.05) is 17.6 Å². The molecule has 1 aromatic rings. The lowest BCUT2D eigenvalue weighted by Crippen LogP contribution is -2.18. The molecule has 1 rings (SSSR count). The van der Waals surface area contributed by atoms with Gasteiger partial charge >= 0.3 is 0 Å².